The third-order valence-corrected chi connectivity index (χ3v) is 11.5. The van der Waals surface area contributed by atoms with Crippen LogP contribution in [0.2, 0.25) is 0 Å². The zero-order chi connectivity index (χ0) is 33.0. The van der Waals surface area contributed by atoms with Gasteiger partial charge >= 0.3 is 0 Å². The molecular formula is C41H52N2O4. The first-order valence-corrected chi connectivity index (χ1v) is 17.6. The number of nitrogens with zero attached hydrogens (tertiary/aromatic N) is 2. The monoisotopic (exact) mass is 636 g/mol. The highest BCUT2D eigenvalue weighted by atomic mass is 16.3. The number of aliphatic hydroxyl groups is 3. The summed E-state index contributed by atoms with van der Waals surface area (Å²) in [6.45, 7) is 9.45. The van der Waals surface area contributed by atoms with E-state index in [9.17, 15) is 20.1 Å². The maximum Gasteiger partial charge on any atom is 0.193 e. The van der Waals surface area contributed by atoms with Crippen LogP contribution in [0, 0.1) is 5.41 Å². The molecule has 0 aromatic heterocycles. The Balaban J connectivity index is 1.36. The zero-order valence-corrected chi connectivity index (χ0v) is 28.2. The molecule has 250 valence electrons. The predicted octanol–water partition coefficient (Wildman–Crippen LogP) is 6.23. The number of hydrogen-bond donors (Lipinski definition) is 3. The number of ketones is 1. The van der Waals surface area contributed by atoms with E-state index >= 15 is 0 Å². The lowest BCUT2D eigenvalue weighted by Gasteiger charge is -2.47. The highest BCUT2D eigenvalue weighted by Crippen LogP contribution is 2.59. The number of β-amino-alcohol motifs (C(OH)–C–C–N with tert-alkyl or cyclic N) is 2. The molecule has 4 aliphatic rings. The summed E-state index contributed by atoms with van der Waals surface area (Å²) < 4.78 is 0. The van der Waals surface area contributed by atoms with Gasteiger partial charge in [0.2, 0.25) is 0 Å². The normalized spacial score (nSPS) is 27.6. The van der Waals surface area contributed by atoms with Gasteiger partial charge in [-0.25, -0.2) is 0 Å². The Morgan fingerprint density at radius 3 is 2.32 bits per heavy atom. The summed E-state index contributed by atoms with van der Waals surface area (Å²) in [5.74, 6) is 0.0120. The standard InChI is InChI=1S/C41H52N2O4/c1-30-7-6-19-40(2)38(18-20-41(40,47)29-43-23-21-42(22-24-43)25-26-44)36-17-11-31(27-35(45)16-10-30)28-37(36)39(46)34-14-12-33(13-15-34)32-8-4-3-5-9-32/h3-5,7-9,11-15,17,28,35,38,44-45,47H,6,10,16,18-27,29H2,1-2H3/t35-,38-,40-,41+/m0/s1. The molecule has 3 aliphatic carbocycles. The number of allylic oxidation sites excluding steroid dienone is 2. The molecule has 6 heteroatoms. The van der Waals surface area contributed by atoms with E-state index < -0.39 is 17.1 Å². The summed E-state index contributed by atoms with van der Waals surface area (Å²) in [5.41, 5.74) is 5.47. The Morgan fingerprint density at radius 2 is 1.60 bits per heavy atom. The third kappa shape index (κ3) is 7.33. The number of carbonyl (C=O) groups is 1. The van der Waals surface area contributed by atoms with E-state index in [1.54, 1.807) is 0 Å². The van der Waals surface area contributed by atoms with Crippen LogP contribution in [0.5, 0.6) is 0 Å². The number of rotatable bonds is 7. The molecule has 2 fully saturated rings. The largest absolute Gasteiger partial charge is 0.395 e. The topological polar surface area (TPSA) is 84.2 Å². The highest BCUT2D eigenvalue weighted by molar-refractivity contribution is 6.10. The number of aliphatic hydroxyl groups excluding tert-OH is 2. The quantitative estimate of drug-likeness (QED) is 0.211. The number of benzene rings is 3. The first-order valence-electron chi connectivity index (χ1n) is 17.6. The summed E-state index contributed by atoms with van der Waals surface area (Å²) in [6, 6.07) is 24.4. The van der Waals surface area contributed by atoms with Crippen LogP contribution in [0.1, 0.15) is 85.3 Å². The van der Waals surface area contributed by atoms with Crippen molar-refractivity contribution in [2.75, 3.05) is 45.9 Å². The summed E-state index contributed by atoms with van der Waals surface area (Å²) in [5, 5.41) is 33.0. The molecular weight excluding hydrogens is 584 g/mol. The Kier molecular flexibility index (Phi) is 10.5. The molecule has 3 N–H and O–H groups in total. The molecule has 0 amide bonds. The van der Waals surface area contributed by atoms with Gasteiger partial charge in [0.25, 0.3) is 0 Å². The molecule has 0 spiro atoms. The fraction of sp³-hybridized carbons (Fsp3) is 0.488. The maximum atomic E-state index is 14.5. The van der Waals surface area contributed by atoms with E-state index in [0.717, 1.165) is 74.1 Å². The lowest BCUT2D eigenvalue weighted by Crippen LogP contribution is -2.56. The van der Waals surface area contributed by atoms with Crippen LogP contribution in [0.4, 0.5) is 0 Å². The van der Waals surface area contributed by atoms with Gasteiger partial charge in [0.05, 0.1) is 18.3 Å². The van der Waals surface area contributed by atoms with E-state index in [2.05, 4.69) is 54.0 Å². The zero-order valence-electron chi connectivity index (χ0n) is 28.2. The first-order chi connectivity index (χ1) is 22.7. The Morgan fingerprint density at radius 1 is 0.894 bits per heavy atom. The van der Waals surface area contributed by atoms with Gasteiger partial charge in [0.1, 0.15) is 0 Å². The molecule has 7 rings (SSSR count). The molecule has 0 radical (unpaired) electrons. The molecule has 3 aromatic carbocycles. The van der Waals surface area contributed by atoms with E-state index in [1.807, 2.05) is 48.5 Å². The van der Waals surface area contributed by atoms with Crippen molar-refractivity contribution >= 4 is 5.78 Å². The van der Waals surface area contributed by atoms with Crippen molar-refractivity contribution < 1.29 is 20.1 Å². The molecule has 0 unspecified atom stereocenters. The fourth-order valence-electron chi connectivity index (χ4n) is 8.48. The molecule has 3 aromatic rings. The van der Waals surface area contributed by atoms with Crippen molar-refractivity contribution in [1.29, 1.82) is 0 Å². The van der Waals surface area contributed by atoms with E-state index in [4.69, 9.17) is 0 Å². The molecule has 1 saturated heterocycles. The molecule has 1 saturated carbocycles. The summed E-state index contributed by atoms with van der Waals surface area (Å²) in [7, 11) is 0. The number of hydrogen-bond acceptors (Lipinski definition) is 6. The minimum Gasteiger partial charge on any atom is -0.395 e. The van der Waals surface area contributed by atoms with Crippen LogP contribution in [-0.2, 0) is 6.42 Å². The summed E-state index contributed by atoms with van der Waals surface area (Å²) in [6.07, 6.45) is 7.03. The minimum atomic E-state index is -0.901. The third-order valence-electron chi connectivity index (χ3n) is 11.5. The number of carbonyl (C=O) groups excluding carboxylic acids is 1. The average molecular weight is 637 g/mol. The molecule has 1 heterocycles. The van der Waals surface area contributed by atoms with Gasteiger partial charge in [0, 0.05) is 55.8 Å². The van der Waals surface area contributed by atoms with Gasteiger partial charge in [-0.05, 0) is 86.1 Å². The maximum absolute atomic E-state index is 14.5. The first kappa shape index (κ1) is 33.8. The van der Waals surface area contributed by atoms with Crippen LogP contribution in [-0.4, -0.2) is 88.5 Å². The van der Waals surface area contributed by atoms with Crippen LogP contribution in [0.25, 0.3) is 11.1 Å². The predicted molar refractivity (Wildman–Crippen MR) is 189 cm³/mol. The van der Waals surface area contributed by atoms with E-state index in [1.165, 1.54) is 5.57 Å². The van der Waals surface area contributed by atoms with E-state index in [0.29, 0.717) is 43.5 Å². The Bertz CT molecular complexity index is 1550. The van der Waals surface area contributed by atoms with Crippen LogP contribution < -0.4 is 0 Å². The molecule has 47 heavy (non-hydrogen) atoms. The summed E-state index contributed by atoms with van der Waals surface area (Å²) in [4.78, 5) is 19.1. The second kappa shape index (κ2) is 14.6. The smallest absolute Gasteiger partial charge is 0.193 e. The lowest BCUT2D eigenvalue weighted by atomic mass is 9.64. The van der Waals surface area contributed by atoms with Crippen molar-refractivity contribution in [1.82, 2.24) is 9.80 Å². The second-order valence-electron chi connectivity index (χ2n) is 14.6. The molecule has 4 atom stereocenters. The average Bonchev–Trinajstić information content (AvgIpc) is 3.33. The second-order valence-corrected chi connectivity index (χ2v) is 14.6. The summed E-state index contributed by atoms with van der Waals surface area (Å²) >= 11 is 0. The van der Waals surface area contributed by atoms with Gasteiger partial charge in [-0.2, -0.15) is 0 Å². The van der Waals surface area contributed by atoms with Gasteiger partial charge in [-0.15, -0.1) is 0 Å². The van der Waals surface area contributed by atoms with Crippen molar-refractivity contribution in [3.8, 4) is 11.1 Å². The van der Waals surface area contributed by atoms with Crippen LogP contribution in [0.3, 0.4) is 0 Å². The van der Waals surface area contributed by atoms with Crippen molar-refractivity contribution in [3.63, 3.8) is 0 Å². The lowest BCUT2D eigenvalue weighted by molar-refractivity contribution is -0.0888. The van der Waals surface area contributed by atoms with Crippen molar-refractivity contribution in [2.45, 2.75) is 76.4 Å². The molecule has 6 nitrogen and oxygen atoms in total. The number of piperazine rings is 1. The van der Waals surface area contributed by atoms with Crippen molar-refractivity contribution in [2.24, 2.45) is 5.41 Å². The van der Waals surface area contributed by atoms with Gasteiger partial charge in [0.15, 0.2) is 5.78 Å². The van der Waals surface area contributed by atoms with Gasteiger partial charge in [-0.3, -0.25) is 14.6 Å². The van der Waals surface area contributed by atoms with Gasteiger partial charge in [-0.1, -0.05) is 85.3 Å². The van der Waals surface area contributed by atoms with E-state index in [-0.39, 0.29) is 18.3 Å². The Hall–Kier alpha value is -3.13. The van der Waals surface area contributed by atoms with Crippen molar-refractivity contribution in [3.05, 3.63) is 107 Å². The fourth-order valence-corrected chi connectivity index (χ4v) is 8.48. The van der Waals surface area contributed by atoms with Crippen LogP contribution in [0.15, 0.2) is 84.4 Å². The minimum absolute atomic E-state index is 0.00317. The number of fused-ring (bicyclic) bond motifs is 8. The highest BCUT2D eigenvalue weighted by Gasteiger charge is 2.57. The van der Waals surface area contributed by atoms with Gasteiger partial charge < -0.3 is 15.3 Å². The SMILES string of the molecule is CC1=CCC[C@@]2(C)[C@@H](CC[C@@]2(O)CN2CCN(CCO)CC2)c2ccc(cc2C(=O)c2ccc(-c3ccccc3)cc2)C[C@@H](O)CC1. The molecule has 1 aliphatic heterocycles. The Labute approximate surface area is 280 Å². The molecule has 2 bridgehead atoms. The van der Waals surface area contributed by atoms with Crippen LogP contribution >= 0.6 is 0 Å².